The molecular formula is C16H12N2O3. The van der Waals surface area contributed by atoms with E-state index in [-0.39, 0.29) is 11.5 Å². The summed E-state index contributed by atoms with van der Waals surface area (Å²) in [5.41, 5.74) is 3.38. The Hall–Kier alpha value is -2.95. The third-order valence-corrected chi connectivity index (χ3v) is 3.23. The van der Waals surface area contributed by atoms with Crippen molar-refractivity contribution in [2.45, 2.75) is 6.92 Å². The first-order valence-electron chi connectivity index (χ1n) is 6.39. The number of fused-ring (bicyclic) bond motifs is 1. The lowest BCUT2D eigenvalue weighted by Gasteiger charge is -2.00. The minimum atomic E-state index is -1.02. The van der Waals surface area contributed by atoms with Crippen molar-refractivity contribution >= 4 is 29.0 Å². The predicted molar refractivity (Wildman–Crippen MR) is 79.4 cm³/mol. The molecule has 0 saturated heterocycles. The van der Waals surface area contributed by atoms with Crippen molar-refractivity contribution in [1.29, 1.82) is 0 Å². The number of aliphatic imine (C=N–C) groups is 1. The Kier molecular flexibility index (Phi) is 3.02. The van der Waals surface area contributed by atoms with Gasteiger partial charge in [0, 0.05) is 5.56 Å². The van der Waals surface area contributed by atoms with Crippen molar-refractivity contribution in [3.8, 4) is 0 Å². The molecule has 3 rings (SSSR count). The summed E-state index contributed by atoms with van der Waals surface area (Å²) in [5, 5.41) is 11.7. The first-order valence-corrected chi connectivity index (χ1v) is 6.39. The van der Waals surface area contributed by atoms with E-state index in [4.69, 9.17) is 5.11 Å². The van der Waals surface area contributed by atoms with Gasteiger partial charge in [-0.1, -0.05) is 18.2 Å². The molecular weight excluding hydrogens is 268 g/mol. The van der Waals surface area contributed by atoms with Gasteiger partial charge in [-0.3, -0.25) is 4.79 Å². The first-order chi connectivity index (χ1) is 10.0. The second-order valence-electron chi connectivity index (χ2n) is 4.82. The van der Waals surface area contributed by atoms with E-state index in [9.17, 15) is 9.59 Å². The summed E-state index contributed by atoms with van der Waals surface area (Å²) in [6.07, 6.45) is 0. The Morgan fingerprint density at radius 2 is 2.00 bits per heavy atom. The van der Waals surface area contributed by atoms with E-state index in [1.165, 1.54) is 12.1 Å². The number of carboxylic acids is 1. The second-order valence-corrected chi connectivity index (χ2v) is 4.82. The number of amides is 1. The van der Waals surface area contributed by atoms with Crippen LogP contribution in [0.5, 0.6) is 0 Å². The maximum atomic E-state index is 12.0. The quantitative estimate of drug-likeness (QED) is 0.887. The highest BCUT2D eigenvalue weighted by Gasteiger charge is 2.25. The molecule has 5 heteroatoms. The molecule has 1 amide bonds. The number of hydrogen-bond donors (Lipinski definition) is 2. The normalized spacial score (nSPS) is 14.9. The van der Waals surface area contributed by atoms with Gasteiger partial charge in [0.15, 0.2) is 0 Å². The minimum absolute atomic E-state index is 0.138. The van der Waals surface area contributed by atoms with Crippen LogP contribution in [0.3, 0.4) is 0 Å². The molecule has 0 unspecified atom stereocenters. The van der Waals surface area contributed by atoms with Crippen LogP contribution in [0.2, 0.25) is 0 Å². The molecule has 0 aromatic heterocycles. The predicted octanol–water partition coefficient (Wildman–Crippen LogP) is 2.77. The summed E-state index contributed by atoms with van der Waals surface area (Å²) < 4.78 is 0. The molecule has 5 nitrogen and oxygen atoms in total. The van der Waals surface area contributed by atoms with Crippen molar-refractivity contribution in [1.82, 2.24) is 0 Å². The molecule has 0 aliphatic carbocycles. The van der Waals surface area contributed by atoms with Gasteiger partial charge in [-0.05, 0) is 36.8 Å². The Bertz CT molecular complexity index is 794. The van der Waals surface area contributed by atoms with E-state index in [0.29, 0.717) is 11.4 Å². The molecule has 0 atom stereocenters. The van der Waals surface area contributed by atoms with E-state index < -0.39 is 5.97 Å². The van der Waals surface area contributed by atoms with Gasteiger partial charge < -0.3 is 10.4 Å². The summed E-state index contributed by atoms with van der Waals surface area (Å²) >= 11 is 0. The number of rotatable bonds is 2. The smallest absolute Gasteiger partial charge is 0.335 e. The highest BCUT2D eigenvalue weighted by molar-refractivity contribution is 6.54. The Morgan fingerprint density at radius 1 is 1.19 bits per heavy atom. The van der Waals surface area contributed by atoms with Crippen LogP contribution in [0.25, 0.3) is 0 Å². The number of aromatic carboxylic acids is 1. The largest absolute Gasteiger partial charge is 0.478 e. The number of benzene rings is 2. The molecule has 1 aliphatic heterocycles. The number of nitrogens with one attached hydrogen (secondary N) is 1. The Balaban J connectivity index is 2.07. The minimum Gasteiger partial charge on any atom is -0.478 e. The third kappa shape index (κ3) is 2.41. The van der Waals surface area contributed by atoms with Crippen LogP contribution in [-0.4, -0.2) is 22.7 Å². The van der Waals surface area contributed by atoms with Gasteiger partial charge in [-0.2, -0.15) is 0 Å². The fourth-order valence-electron chi connectivity index (χ4n) is 2.22. The molecule has 104 valence electrons. The highest BCUT2D eigenvalue weighted by Crippen LogP contribution is 2.27. The average molecular weight is 280 g/mol. The summed E-state index contributed by atoms with van der Waals surface area (Å²) in [5.74, 6) is -1.31. The van der Waals surface area contributed by atoms with E-state index in [1.807, 2.05) is 25.1 Å². The number of nitrogens with zero attached hydrogens (tertiary/aromatic N) is 1. The number of hydrogen-bond acceptors (Lipinski definition) is 3. The molecule has 2 aromatic carbocycles. The van der Waals surface area contributed by atoms with Crippen LogP contribution < -0.4 is 5.32 Å². The van der Waals surface area contributed by atoms with Crippen LogP contribution in [0.4, 0.5) is 11.4 Å². The lowest BCUT2D eigenvalue weighted by atomic mass is 10.1. The van der Waals surface area contributed by atoms with Gasteiger partial charge in [0.05, 0.1) is 16.9 Å². The molecule has 2 N–H and O–H groups in total. The zero-order valence-electron chi connectivity index (χ0n) is 11.3. The number of carbonyl (C=O) groups is 2. The molecule has 0 fully saturated rings. The average Bonchev–Trinajstić information content (AvgIpc) is 2.74. The maximum Gasteiger partial charge on any atom is 0.335 e. The summed E-state index contributed by atoms with van der Waals surface area (Å²) in [7, 11) is 0. The lowest BCUT2D eigenvalue weighted by molar-refractivity contribution is -0.110. The van der Waals surface area contributed by atoms with E-state index >= 15 is 0 Å². The number of aryl methyl sites for hydroxylation is 1. The maximum absolute atomic E-state index is 12.0. The Labute approximate surface area is 121 Å². The van der Waals surface area contributed by atoms with Crippen LogP contribution in [0, 0.1) is 6.92 Å². The van der Waals surface area contributed by atoms with Crippen molar-refractivity contribution < 1.29 is 14.7 Å². The van der Waals surface area contributed by atoms with Crippen LogP contribution >= 0.6 is 0 Å². The van der Waals surface area contributed by atoms with Gasteiger partial charge in [0.1, 0.15) is 5.71 Å². The van der Waals surface area contributed by atoms with Gasteiger partial charge >= 0.3 is 5.97 Å². The third-order valence-electron chi connectivity index (χ3n) is 3.23. The monoisotopic (exact) mass is 280 g/mol. The lowest BCUT2D eigenvalue weighted by Crippen LogP contribution is -2.13. The van der Waals surface area contributed by atoms with Gasteiger partial charge in [0.2, 0.25) is 0 Å². The fraction of sp³-hybridized carbons (Fsp3) is 0.0625. The SMILES string of the molecule is Cc1ccc2c(c1)NC(=O)/C2=N\c1cccc(C(=O)O)c1. The highest BCUT2D eigenvalue weighted by atomic mass is 16.4. The molecule has 21 heavy (non-hydrogen) atoms. The summed E-state index contributed by atoms with van der Waals surface area (Å²) in [4.78, 5) is 27.3. The molecule has 1 heterocycles. The van der Waals surface area contributed by atoms with Crippen molar-refractivity contribution in [2.75, 3.05) is 5.32 Å². The zero-order chi connectivity index (χ0) is 15.0. The van der Waals surface area contributed by atoms with E-state index in [1.54, 1.807) is 12.1 Å². The van der Waals surface area contributed by atoms with Crippen LogP contribution in [0.15, 0.2) is 47.5 Å². The van der Waals surface area contributed by atoms with E-state index in [0.717, 1.165) is 16.8 Å². The Morgan fingerprint density at radius 3 is 2.76 bits per heavy atom. The van der Waals surface area contributed by atoms with E-state index in [2.05, 4.69) is 10.3 Å². The van der Waals surface area contributed by atoms with Gasteiger partial charge in [0.25, 0.3) is 5.91 Å². The molecule has 1 aliphatic rings. The molecule has 0 spiro atoms. The number of anilines is 1. The van der Waals surface area contributed by atoms with Crippen molar-refractivity contribution in [2.24, 2.45) is 4.99 Å². The number of carbonyl (C=O) groups excluding carboxylic acids is 1. The second kappa shape index (κ2) is 4.86. The van der Waals surface area contributed by atoms with Gasteiger partial charge in [-0.25, -0.2) is 9.79 Å². The van der Waals surface area contributed by atoms with Crippen molar-refractivity contribution in [3.05, 3.63) is 59.2 Å². The number of carboxylic acid groups (broad SMARTS) is 1. The first kappa shape index (κ1) is 13.1. The molecule has 2 aromatic rings. The standard InChI is InChI=1S/C16H12N2O3/c1-9-5-6-12-13(7-9)18-15(19)14(12)17-11-4-2-3-10(8-11)16(20)21/h2-8H,1H3,(H,20,21)(H,17,18,19). The summed E-state index contributed by atoms with van der Waals surface area (Å²) in [6.45, 7) is 1.94. The van der Waals surface area contributed by atoms with Crippen LogP contribution in [-0.2, 0) is 4.79 Å². The van der Waals surface area contributed by atoms with Crippen LogP contribution in [0.1, 0.15) is 21.5 Å². The van der Waals surface area contributed by atoms with Crippen molar-refractivity contribution in [3.63, 3.8) is 0 Å². The molecule has 0 saturated carbocycles. The zero-order valence-corrected chi connectivity index (χ0v) is 11.3. The van der Waals surface area contributed by atoms with Gasteiger partial charge in [-0.15, -0.1) is 0 Å². The summed E-state index contributed by atoms with van der Waals surface area (Å²) in [6, 6.07) is 11.8. The molecule has 0 bridgehead atoms. The topological polar surface area (TPSA) is 78.8 Å². The molecule has 0 radical (unpaired) electrons. The fourth-order valence-corrected chi connectivity index (χ4v) is 2.22.